The van der Waals surface area contributed by atoms with Crippen molar-refractivity contribution in [1.82, 2.24) is 9.80 Å². The zero-order valence-corrected chi connectivity index (χ0v) is 18.6. The Kier molecular flexibility index (Phi) is 10.3. The van der Waals surface area contributed by atoms with E-state index in [1.165, 1.54) is 73.9 Å². The lowest BCUT2D eigenvalue weighted by Crippen LogP contribution is -2.19. The third kappa shape index (κ3) is 8.16. The highest BCUT2D eigenvalue weighted by Crippen LogP contribution is 2.21. The maximum Gasteiger partial charge on any atom is 0.0230 e. The van der Waals surface area contributed by atoms with Gasteiger partial charge in [-0.15, -0.1) is 0 Å². The first-order chi connectivity index (χ1) is 13.6. The Bertz CT molecular complexity index is 586. The quantitative estimate of drug-likeness (QED) is 0.361. The molecule has 0 radical (unpaired) electrons. The van der Waals surface area contributed by atoms with E-state index in [1.54, 1.807) is 0 Å². The monoisotopic (exact) mass is 380 g/mol. The van der Waals surface area contributed by atoms with E-state index in [0.717, 1.165) is 13.1 Å². The summed E-state index contributed by atoms with van der Waals surface area (Å²) >= 11 is 0. The van der Waals surface area contributed by atoms with Gasteiger partial charge in [0.25, 0.3) is 0 Å². The molecule has 0 atom stereocenters. The Balaban J connectivity index is 1.86. The lowest BCUT2D eigenvalue weighted by molar-refractivity contribution is 0.318. The second kappa shape index (κ2) is 12.7. The molecular weight excluding hydrogens is 340 g/mol. The van der Waals surface area contributed by atoms with Crippen LogP contribution in [-0.4, -0.2) is 37.0 Å². The molecule has 2 aromatic rings. The summed E-state index contributed by atoms with van der Waals surface area (Å²) in [6, 6.07) is 18.2. The first-order valence-corrected chi connectivity index (χ1v) is 11.2. The Morgan fingerprint density at radius 1 is 0.536 bits per heavy atom. The number of hydrogen-bond acceptors (Lipinski definition) is 2. The molecule has 28 heavy (non-hydrogen) atoms. The zero-order chi connectivity index (χ0) is 20.2. The molecule has 2 rings (SSSR count). The summed E-state index contributed by atoms with van der Waals surface area (Å²) in [6.07, 6.45) is 7.82. The van der Waals surface area contributed by atoms with Gasteiger partial charge in [0.1, 0.15) is 0 Å². The second-order valence-corrected chi connectivity index (χ2v) is 8.28. The van der Waals surface area contributed by atoms with Gasteiger partial charge in [0, 0.05) is 13.1 Å². The average Bonchev–Trinajstić information content (AvgIpc) is 2.70. The van der Waals surface area contributed by atoms with Crippen molar-refractivity contribution in [3.8, 4) is 11.1 Å². The van der Waals surface area contributed by atoms with Crippen molar-refractivity contribution in [1.29, 1.82) is 0 Å². The largest absolute Gasteiger partial charge is 0.302 e. The molecule has 0 spiro atoms. The van der Waals surface area contributed by atoms with Crippen LogP contribution in [0.2, 0.25) is 0 Å². The van der Waals surface area contributed by atoms with E-state index >= 15 is 0 Å². The van der Waals surface area contributed by atoms with Gasteiger partial charge in [0.2, 0.25) is 0 Å². The van der Waals surface area contributed by atoms with E-state index in [9.17, 15) is 0 Å². The fraction of sp³-hybridized carbons (Fsp3) is 0.538. The molecule has 0 aromatic heterocycles. The minimum absolute atomic E-state index is 1.04. The normalized spacial score (nSPS) is 11.5. The van der Waals surface area contributed by atoms with Crippen molar-refractivity contribution in [2.75, 3.05) is 27.2 Å². The summed E-state index contributed by atoms with van der Waals surface area (Å²) in [7, 11) is 4.45. The second-order valence-electron chi connectivity index (χ2n) is 8.28. The lowest BCUT2D eigenvalue weighted by atomic mass is 10.0. The predicted octanol–water partition coefficient (Wildman–Crippen LogP) is 6.60. The van der Waals surface area contributed by atoms with E-state index in [0.29, 0.717) is 0 Å². The summed E-state index contributed by atoms with van der Waals surface area (Å²) < 4.78 is 0. The number of nitrogens with zero attached hydrogens (tertiary/aromatic N) is 2. The Morgan fingerprint density at radius 3 is 1.21 bits per heavy atom. The summed E-state index contributed by atoms with van der Waals surface area (Å²) in [4.78, 5) is 4.85. The van der Waals surface area contributed by atoms with Crippen molar-refractivity contribution in [2.45, 2.75) is 65.5 Å². The molecule has 0 saturated heterocycles. The van der Waals surface area contributed by atoms with Gasteiger partial charge >= 0.3 is 0 Å². The SMILES string of the molecule is CCCCCN(C)Cc1ccc(-c2ccc(CN(C)CCCCC)cc2)cc1. The van der Waals surface area contributed by atoms with E-state index in [2.05, 4.69) is 86.3 Å². The van der Waals surface area contributed by atoms with Crippen molar-refractivity contribution < 1.29 is 0 Å². The molecule has 0 fully saturated rings. The Hall–Kier alpha value is -1.64. The molecule has 2 nitrogen and oxygen atoms in total. The highest BCUT2D eigenvalue weighted by Gasteiger charge is 2.04. The van der Waals surface area contributed by atoms with Crippen LogP contribution in [0.25, 0.3) is 11.1 Å². The molecule has 0 N–H and O–H groups in total. The van der Waals surface area contributed by atoms with Crippen molar-refractivity contribution >= 4 is 0 Å². The van der Waals surface area contributed by atoms with Gasteiger partial charge in [-0.05, 0) is 62.3 Å². The summed E-state index contributed by atoms with van der Waals surface area (Å²) in [5.41, 5.74) is 5.40. The fourth-order valence-corrected chi connectivity index (χ4v) is 3.65. The predicted molar refractivity (Wildman–Crippen MR) is 124 cm³/mol. The van der Waals surface area contributed by atoms with Crippen LogP contribution >= 0.6 is 0 Å². The standard InChI is InChI=1S/C26H40N2/c1-5-7-9-19-27(3)21-23-11-15-25(16-12-23)26-17-13-24(14-18-26)22-28(4)20-10-8-6-2/h11-18H,5-10,19-22H2,1-4H3. The van der Waals surface area contributed by atoms with Crippen molar-refractivity contribution in [3.63, 3.8) is 0 Å². The van der Waals surface area contributed by atoms with Crippen LogP contribution < -0.4 is 0 Å². The molecule has 0 amide bonds. The molecule has 0 saturated carbocycles. The summed E-state index contributed by atoms with van der Waals surface area (Å²) in [6.45, 7) is 8.96. The number of unbranched alkanes of at least 4 members (excludes halogenated alkanes) is 4. The fourth-order valence-electron chi connectivity index (χ4n) is 3.65. The number of rotatable bonds is 13. The molecule has 0 aliphatic heterocycles. The van der Waals surface area contributed by atoms with Crippen LogP contribution in [0.5, 0.6) is 0 Å². The van der Waals surface area contributed by atoms with E-state index in [-0.39, 0.29) is 0 Å². The van der Waals surface area contributed by atoms with Crippen LogP contribution in [0.1, 0.15) is 63.5 Å². The molecular formula is C26H40N2. The molecule has 0 heterocycles. The van der Waals surface area contributed by atoms with Crippen LogP contribution in [-0.2, 0) is 13.1 Å². The van der Waals surface area contributed by atoms with Gasteiger partial charge in [-0.25, -0.2) is 0 Å². The zero-order valence-electron chi connectivity index (χ0n) is 18.6. The smallest absolute Gasteiger partial charge is 0.0230 e. The van der Waals surface area contributed by atoms with E-state index in [4.69, 9.17) is 0 Å². The van der Waals surface area contributed by atoms with Gasteiger partial charge in [-0.2, -0.15) is 0 Å². The topological polar surface area (TPSA) is 6.48 Å². The van der Waals surface area contributed by atoms with Crippen molar-refractivity contribution in [3.05, 3.63) is 59.7 Å². The van der Waals surface area contributed by atoms with Gasteiger partial charge in [0.05, 0.1) is 0 Å². The molecule has 0 unspecified atom stereocenters. The van der Waals surface area contributed by atoms with E-state index < -0.39 is 0 Å². The minimum atomic E-state index is 1.04. The highest BCUT2D eigenvalue weighted by molar-refractivity contribution is 5.63. The molecule has 2 aromatic carbocycles. The highest BCUT2D eigenvalue weighted by atomic mass is 15.1. The van der Waals surface area contributed by atoms with Crippen molar-refractivity contribution in [2.24, 2.45) is 0 Å². The van der Waals surface area contributed by atoms with Crippen LogP contribution in [0.3, 0.4) is 0 Å². The maximum atomic E-state index is 2.43. The van der Waals surface area contributed by atoms with Gasteiger partial charge in [0.15, 0.2) is 0 Å². The Morgan fingerprint density at radius 2 is 0.893 bits per heavy atom. The summed E-state index contributed by atoms with van der Waals surface area (Å²) in [5.74, 6) is 0. The number of hydrogen-bond donors (Lipinski definition) is 0. The summed E-state index contributed by atoms with van der Waals surface area (Å²) in [5, 5.41) is 0. The van der Waals surface area contributed by atoms with Gasteiger partial charge < -0.3 is 9.80 Å². The van der Waals surface area contributed by atoms with Crippen LogP contribution in [0.4, 0.5) is 0 Å². The molecule has 2 heteroatoms. The first-order valence-electron chi connectivity index (χ1n) is 11.2. The van der Waals surface area contributed by atoms with Crippen LogP contribution in [0.15, 0.2) is 48.5 Å². The van der Waals surface area contributed by atoms with E-state index in [1.807, 2.05) is 0 Å². The molecule has 0 aliphatic carbocycles. The number of benzene rings is 2. The third-order valence-corrected chi connectivity index (χ3v) is 5.43. The molecule has 154 valence electrons. The maximum absolute atomic E-state index is 2.43. The van der Waals surface area contributed by atoms with Gasteiger partial charge in [-0.1, -0.05) is 88.1 Å². The van der Waals surface area contributed by atoms with Crippen LogP contribution in [0, 0.1) is 0 Å². The first kappa shape index (κ1) is 22.6. The average molecular weight is 381 g/mol. The van der Waals surface area contributed by atoms with Gasteiger partial charge in [-0.3, -0.25) is 0 Å². The lowest BCUT2D eigenvalue weighted by Gasteiger charge is -2.17. The third-order valence-electron chi connectivity index (χ3n) is 5.43. The minimum Gasteiger partial charge on any atom is -0.302 e. The molecule has 0 aliphatic rings. The Labute approximate surface area is 173 Å². The molecule has 0 bridgehead atoms.